The summed E-state index contributed by atoms with van der Waals surface area (Å²) < 4.78 is 24.6. The van der Waals surface area contributed by atoms with E-state index in [-0.39, 0.29) is 28.2 Å². The van der Waals surface area contributed by atoms with Crippen LogP contribution in [0.1, 0.15) is 24.1 Å². The van der Waals surface area contributed by atoms with E-state index < -0.39 is 0 Å². The summed E-state index contributed by atoms with van der Waals surface area (Å²) in [7, 11) is 1.68. The van der Waals surface area contributed by atoms with Crippen molar-refractivity contribution >= 4 is 27.9 Å². The number of aromatic amines is 1. The van der Waals surface area contributed by atoms with Crippen molar-refractivity contribution in [1.82, 2.24) is 10.3 Å². The van der Waals surface area contributed by atoms with E-state index in [1.807, 2.05) is 24.3 Å². The smallest absolute Gasteiger partial charge is 0.123 e. The van der Waals surface area contributed by atoms with Gasteiger partial charge in [0.25, 0.3) is 0 Å². The Kier molecular flexibility index (Phi) is 6.75. The minimum atomic E-state index is -0.178. The highest BCUT2D eigenvalue weighted by molar-refractivity contribution is 8.93. The first kappa shape index (κ1) is 20.8. The van der Waals surface area contributed by atoms with Crippen molar-refractivity contribution in [3.63, 3.8) is 0 Å². The molecule has 4 rings (SSSR count). The van der Waals surface area contributed by atoms with Crippen molar-refractivity contribution in [3.05, 3.63) is 65.6 Å². The van der Waals surface area contributed by atoms with Gasteiger partial charge >= 0.3 is 0 Å². The predicted molar refractivity (Wildman–Crippen MR) is 115 cm³/mol. The number of rotatable bonds is 6. The first-order valence-corrected chi connectivity index (χ1v) is 9.39. The molecule has 0 atom stereocenters. The first-order valence-electron chi connectivity index (χ1n) is 9.39. The number of halogens is 2. The minimum absolute atomic E-state index is 0. The van der Waals surface area contributed by atoms with Crippen LogP contribution in [-0.4, -0.2) is 31.9 Å². The maximum Gasteiger partial charge on any atom is 0.123 e. The van der Waals surface area contributed by atoms with Gasteiger partial charge in [0.2, 0.25) is 0 Å². The van der Waals surface area contributed by atoms with E-state index >= 15 is 0 Å². The molecule has 1 fully saturated rings. The Hall–Kier alpha value is -1.89. The quantitative estimate of drug-likeness (QED) is 0.572. The molecule has 3 aromatic rings. The highest BCUT2D eigenvalue weighted by Gasteiger charge is 2.34. The second kappa shape index (κ2) is 9.07. The van der Waals surface area contributed by atoms with E-state index in [2.05, 4.69) is 16.4 Å². The lowest BCUT2D eigenvalue weighted by Gasteiger charge is -2.38. The van der Waals surface area contributed by atoms with Gasteiger partial charge in [0.05, 0.1) is 7.11 Å². The molecule has 1 aliphatic rings. The molecule has 0 unspecified atom stereocenters. The van der Waals surface area contributed by atoms with Crippen LogP contribution in [-0.2, 0) is 16.7 Å². The molecule has 0 bridgehead atoms. The molecule has 0 amide bonds. The molecule has 2 aromatic carbocycles. The summed E-state index contributed by atoms with van der Waals surface area (Å²) in [5.41, 5.74) is 3.19. The van der Waals surface area contributed by atoms with E-state index in [9.17, 15) is 4.39 Å². The maximum absolute atomic E-state index is 13.8. The van der Waals surface area contributed by atoms with Gasteiger partial charge in [0.15, 0.2) is 0 Å². The molecule has 2 heterocycles. The summed E-state index contributed by atoms with van der Waals surface area (Å²) in [6, 6.07) is 15.2. The van der Waals surface area contributed by atoms with Crippen LogP contribution in [0, 0.1) is 5.82 Å². The Balaban J connectivity index is 0.00000225. The molecular formula is C22H26BrFN2O2. The number of fused-ring (bicyclic) bond motifs is 1. The molecule has 0 aliphatic carbocycles. The van der Waals surface area contributed by atoms with Gasteiger partial charge < -0.3 is 19.8 Å². The molecule has 1 aliphatic heterocycles. The molecule has 4 nitrogen and oxygen atoms in total. The van der Waals surface area contributed by atoms with Gasteiger partial charge in [-0.1, -0.05) is 12.1 Å². The van der Waals surface area contributed by atoms with Crippen molar-refractivity contribution < 1.29 is 13.9 Å². The minimum Gasteiger partial charge on any atom is -0.497 e. The standard InChI is InChI=1S/C22H25FN2O2.BrH/c1-26-20-5-6-21-16(12-20)11-19(25-21)14-24-15-22(7-9-27-10-8-22)17-3-2-4-18(23)13-17;/h2-6,11-13,24-25H,7-10,14-15H2,1H3;1H. The van der Waals surface area contributed by atoms with Gasteiger partial charge in [-0.25, -0.2) is 4.39 Å². The van der Waals surface area contributed by atoms with Crippen LogP contribution in [0.4, 0.5) is 4.39 Å². The zero-order chi connectivity index (χ0) is 18.7. The lowest BCUT2D eigenvalue weighted by atomic mass is 9.74. The van der Waals surface area contributed by atoms with E-state index in [1.165, 1.54) is 6.07 Å². The summed E-state index contributed by atoms with van der Waals surface area (Å²) in [5, 5.41) is 4.72. The molecule has 6 heteroatoms. The van der Waals surface area contributed by atoms with Crippen LogP contribution < -0.4 is 10.1 Å². The van der Waals surface area contributed by atoms with Crippen LogP contribution >= 0.6 is 17.0 Å². The van der Waals surface area contributed by atoms with Gasteiger partial charge in [-0.05, 0) is 54.8 Å². The summed E-state index contributed by atoms with van der Waals surface area (Å²) in [6.45, 7) is 2.95. The number of H-pyrrole nitrogens is 1. The molecule has 0 radical (unpaired) electrons. The molecule has 1 saturated heterocycles. The Morgan fingerprint density at radius 3 is 2.71 bits per heavy atom. The van der Waals surface area contributed by atoms with Crippen LogP contribution in [0.3, 0.4) is 0 Å². The Morgan fingerprint density at radius 1 is 1.14 bits per heavy atom. The third-order valence-electron chi connectivity index (χ3n) is 5.55. The lowest BCUT2D eigenvalue weighted by molar-refractivity contribution is 0.0496. The lowest BCUT2D eigenvalue weighted by Crippen LogP contribution is -2.42. The Labute approximate surface area is 175 Å². The number of hydrogen-bond donors (Lipinski definition) is 2. The Bertz CT molecular complexity index is 922. The molecule has 150 valence electrons. The second-order valence-electron chi connectivity index (χ2n) is 7.25. The fourth-order valence-electron chi connectivity index (χ4n) is 3.98. The summed E-state index contributed by atoms with van der Waals surface area (Å²) >= 11 is 0. The molecule has 0 spiro atoms. The zero-order valence-electron chi connectivity index (χ0n) is 16.0. The van der Waals surface area contributed by atoms with Crippen LogP contribution in [0.5, 0.6) is 5.75 Å². The number of ether oxygens (including phenoxy) is 2. The molecule has 1 aromatic heterocycles. The van der Waals surface area contributed by atoms with Gasteiger partial charge in [-0.2, -0.15) is 0 Å². The third kappa shape index (κ3) is 4.40. The van der Waals surface area contributed by atoms with E-state index in [1.54, 1.807) is 19.2 Å². The van der Waals surface area contributed by atoms with E-state index in [0.29, 0.717) is 13.2 Å². The summed E-state index contributed by atoms with van der Waals surface area (Å²) in [6.07, 6.45) is 1.79. The fourth-order valence-corrected chi connectivity index (χ4v) is 3.98. The van der Waals surface area contributed by atoms with Crippen molar-refractivity contribution in [2.45, 2.75) is 24.8 Å². The molecular weight excluding hydrogens is 423 g/mol. The van der Waals surface area contributed by atoms with Crippen molar-refractivity contribution in [3.8, 4) is 5.75 Å². The third-order valence-corrected chi connectivity index (χ3v) is 5.55. The maximum atomic E-state index is 13.8. The van der Waals surface area contributed by atoms with Gasteiger partial charge in [0.1, 0.15) is 11.6 Å². The van der Waals surface area contributed by atoms with Crippen molar-refractivity contribution in [2.75, 3.05) is 26.9 Å². The summed E-state index contributed by atoms with van der Waals surface area (Å²) in [4.78, 5) is 3.44. The van der Waals surface area contributed by atoms with Gasteiger partial charge in [-0.15, -0.1) is 17.0 Å². The molecule has 2 N–H and O–H groups in total. The predicted octanol–water partition coefficient (Wildman–Crippen LogP) is 4.73. The topological polar surface area (TPSA) is 46.3 Å². The number of aromatic nitrogens is 1. The van der Waals surface area contributed by atoms with Crippen molar-refractivity contribution in [2.24, 2.45) is 0 Å². The zero-order valence-corrected chi connectivity index (χ0v) is 17.7. The van der Waals surface area contributed by atoms with Crippen molar-refractivity contribution in [1.29, 1.82) is 0 Å². The van der Waals surface area contributed by atoms with Gasteiger partial charge in [-0.3, -0.25) is 0 Å². The monoisotopic (exact) mass is 448 g/mol. The second-order valence-corrected chi connectivity index (χ2v) is 7.25. The SMILES string of the molecule is Br.COc1ccc2[nH]c(CNCC3(c4cccc(F)c4)CCOCC3)cc2c1. The number of nitrogens with one attached hydrogen (secondary N) is 2. The van der Waals surface area contributed by atoms with Gasteiger partial charge in [0, 0.05) is 48.3 Å². The average Bonchev–Trinajstić information content (AvgIpc) is 3.10. The average molecular weight is 449 g/mol. The number of hydrogen-bond acceptors (Lipinski definition) is 3. The molecule has 28 heavy (non-hydrogen) atoms. The highest BCUT2D eigenvalue weighted by Crippen LogP contribution is 2.34. The Morgan fingerprint density at radius 2 is 1.96 bits per heavy atom. The normalized spacial score (nSPS) is 15.9. The first-order chi connectivity index (χ1) is 13.2. The van der Waals surface area contributed by atoms with E-state index in [0.717, 1.165) is 53.8 Å². The largest absolute Gasteiger partial charge is 0.497 e. The summed E-state index contributed by atoms with van der Waals surface area (Å²) in [5.74, 6) is 0.677. The highest BCUT2D eigenvalue weighted by atomic mass is 79.9. The van der Waals surface area contributed by atoms with E-state index in [4.69, 9.17) is 9.47 Å². The van der Waals surface area contributed by atoms with Crippen LogP contribution in [0.2, 0.25) is 0 Å². The number of methoxy groups -OCH3 is 1. The molecule has 0 saturated carbocycles. The van der Waals surface area contributed by atoms with Crippen LogP contribution in [0.25, 0.3) is 10.9 Å². The fraction of sp³-hybridized carbons (Fsp3) is 0.364. The van der Waals surface area contributed by atoms with Crippen LogP contribution in [0.15, 0.2) is 48.5 Å². The number of benzene rings is 2.